The Morgan fingerprint density at radius 3 is 3.04 bits per heavy atom. The van der Waals surface area contributed by atoms with Crippen molar-refractivity contribution in [3.05, 3.63) is 57.6 Å². The van der Waals surface area contributed by atoms with Crippen molar-refractivity contribution in [1.82, 2.24) is 15.5 Å². The van der Waals surface area contributed by atoms with E-state index in [0.717, 1.165) is 12.0 Å². The summed E-state index contributed by atoms with van der Waals surface area (Å²) >= 11 is 7.57. The number of carbonyl (C=O) groups is 1. The number of aromatic nitrogens is 2. The van der Waals surface area contributed by atoms with Gasteiger partial charge in [0.15, 0.2) is 0 Å². The number of hydrogen-bond donors (Lipinski definition) is 1. The second kappa shape index (κ2) is 7.39. The van der Waals surface area contributed by atoms with Crippen molar-refractivity contribution in [2.24, 2.45) is 0 Å². The number of nitrogens with one attached hydrogen (secondary N) is 1. The van der Waals surface area contributed by atoms with Crippen LogP contribution in [0.15, 0.2) is 45.6 Å². The van der Waals surface area contributed by atoms with E-state index < -0.39 is 0 Å². The summed E-state index contributed by atoms with van der Waals surface area (Å²) < 4.78 is 5.14. The molecule has 3 rings (SSSR count). The van der Waals surface area contributed by atoms with E-state index >= 15 is 0 Å². The van der Waals surface area contributed by atoms with Crippen LogP contribution in [0.4, 0.5) is 0 Å². The molecule has 0 saturated heterocycles. The van der Waals surface area contributed by atoms with Gasteiger partial charge in [-0.25, -0.2) is 0 Å². The van der Waals surface area contributed by atoms with Gasteiger partial charge < -0.3 is 9.84 Å². The molecule has 1 aromatic carbocycles. The lowest BCUT2D eigenvalue weighted by Gasteiger charge is -2.01. The molecule has 0 spiro atoms. The van der Waals surface area contributed by atoms with Crippen molar-refractivity contribution >= 4 is 28.8 Å². The van der Waals surface area contributed by atoms with E-state index in [2.05, 4.69) is 15.5 Å². The fraction of sp³-hybridized carbons (Fsp3) is 0.188. The third-order valence-corrected chi connectivity index (χ3v) is 4.18. The minimum Gasteiger partial charge on any atom is -0.347 e. The monoisotopic (exact) mass is 347 g/mol. The second-order valence-electron chi connectivity index (χ2n) is 4.93. The van der Waals surface area contributed by atoms with Gasteiger partial charge in [-0.2, -0.15) is 16.3 Å². The van der Waals surface area contributed by atoms with Crippen LogP contribution in [-0.4, -0.2) is 16.0 Å². The fourth-order valence-electron chi connectivity index (χ4n) is 2.03. The van der Waals surface area contributed by atoms with E-state index in [4.69, 9.17) is 16.1 Å². The van der Waals surface area contributed by atoms with Gasteiger partial charge >= 0.3 is 0 Å². The van der Waals surface area contributed by atoms with Crippen molar-refractivity contribution < 1.29 is 9.32 Å². The maximum atomic E-state index is 11.8. The number of benzene rings is 1. The van der Waals surface area contributed by atoms with E-state index in [0.29, 0.717) is 23.2 Å². The van der Waals surface area contributed by atoms with Gasteiger partial charge in [-0.3, -0.25) is 4.79 Å². The topological polar surface area (TPSA) is 68.0 Å². The highest BCUT2D eigenvalue weighted by molar-refractivity contribution is 7.07. The molecular formula is C16H14ClN3O2S. The highest BCUT2D eigenvalue weighted by atomic mass is 35.5. The van der Waals surface area contributed by atoms with E-state index in [-0.39, 0.29) is 12.5 Å². The van der Waals surface area contributed by atoms with Crippen molar-refractivity contribution in [2.45, 2.75) is 19.4 Å². The van der Waals surface area contributed by atoms with Crippen LogP contribution >= 0.6 is 22.9 Å². The molecule has 118 valence electrons. The Hall–Kier alpha value is -2.18. The van der Waals surface area contributed by atoms with Crippen LogP contribution in [0.1, 0.15) is 17.9 Å². The van der Waals surface area contributed by atoms with Gasteiger partial charge in [0.25, 0.3) is 0 Å². The molecule has 0 aliphatic heterocycles. The average Bonchev–Trinajstić information content (AvgIpc) is 3.22. The molecule has 7 heteroatoms. The molecule has 23 heavy (non-hydrogen) atoms. The number of nitrogens with zero attached hydrogens (tertiary/aromatic N) is 2. The van der Waals surface area contributed by atoms with E-state index in [1.54, 1.807) is 23.5 Å². The zero-order valence-electron chi connectivity index (χ0n) is 12.2. The lowest BCUT2D eigenvalue weighted by atomic mass is 10.2. The number of carbonyl (C=O) groups excluding carboxylic acids is 1. The molecule has 0 unspecified atom stereocenters. The lowest BCUT2D eigenvalue weighted by molar-refractivity contribution is -0.121. The van der Waals surface area contributed by atoms with Crippen molar-refractivity contribution in [2.75, 3.05) is 0 Å². The summed E-state index contributed by atoms with van der Waals surface area (Å²) in [4.78, 5) is 16.1. The highest BCUT2D eigenvalue weighted by Crippen LogP contribution is 2.19. The number of halogens is 1. The third-order valence-electron chi connectivity index (χ3n) is 3.21. The largest absolute Gasteiger partial charge is 0.347 e. The molecule has 0 fully saturated rings. The lowest BCUT2D eigenvalue weighted by Crippen LogP contribution is -2.23. The standard InChI is InChI=1S/C16H14ClN3O2S/c17-13-3-1-2-12(8-13)16-19-15(22-20-16)9-18-14(21)5-4-11-6-7-23-10-11/h1-3,6-8,10H,4-5,9H2,(H,18,21). The predicted molar refractivity (Wildman–Crippen MR) is 89.2 cm³/mol. The van der Waals surface area contributed by atoms with E-state index in [1.807, 2.05) is 29.0 Å². The van der Waals surface area contributed by atoms with Crippen molar-refractivity contribution in [3.8, 4) is 11.4 Å². The van der Waals surface area contributed by atoms with Crippen LogP contribution < -0.4 is 5.32 Å². The van der Waals surface area contributed by atoms with Crippen LogP contribution in [-0.2, 0) is 17.8 Å². The molecule has 5 nitrogen and oxygen atoms in total. The zero-order chi connectivity index (χ0) is 16.1. The van der Waals surface area contributed by atoms with Crippen LogP contribution in [0.25, 0.3) is 11.4 Å². The average molecular weight is 348 g/mol. The van der Waals surface area contributed by atoms with Crippen molar-refractivity contribution in [3.63, 3.8) is 0 Å². The van der Waals surface area contributed by atoms with Crippen LogP contribution in [0.5, 0.6) is 0 Å². The molecular weight excluding hydrogens is 334 g/mol. The molecule has 0 bridgehead atoms. The summed E-state index contributed by atoms with van der Waals surface area (Å²) in [6, 6.07) is 9.22. The Morgan fingerprint density at radius 2 is 2.26 bits per heavy atom. The fourth-order valence-corrected chi connectivity index (χ4v) is 2.92. The van der Waals surface area contributed by atoms with Gasteiger partial charge in [0, 0.05) is 17.0 Å². The zero-order valence-corrected chi connectivity index (χ0v) is 13.7. The summed E-state index contributed by atoms with van der Waals surface area (Å²) in [5.41, 5.74) is 1.95. The SMILES string of the molecule is O=C(CCc1ccsc1)NCc1nc(-c2cccc(Cl)c2)no1. The van der Waals surface area contributed by atoms with E-state index in [1.165, 1.54) is 5.56 Å². The normalized spacial score (nSPS) is 10.7. The summed E-state index contributed by atoms with van der Waals surface area (Å²) in [7, 11) is 0. The Labute approximate surface area is 142 Å². The minimum absolute atomic E-state index is 0.0429. The van der Waals surface area contributed by atoms with Gasteiger partial charge in [-0.05, 0) is 40.9 Å². The molecule has 0 radical (unpaired) electrons. The molecule has 1 amide bonds. The Kier molecular flexibility index (Phi) is 5.05. The van der Waals surface area contributed by atoms with E-state index in [9.17, 15) is 4.79 Å². The van der Waals surface area contributed by atoms with Crippen LogP contribution in [0.2, 0.25) is 5.02 Å². The first-order valence-corrected chi connectivity index (χ1v) is 8.39. The molecule has 0 saturated carbocycles. The first kappa shape index (κ1) is 15.7. The summed E-state index contributed by atoms with van der Waals surface area (Å²) in [5.74, 6) is 0.776. The summed E-state index contributed by atoms with van der Waals surface area (Å²) in [6.45, 7) is 0.218. The number of rotatable bonds is 6. The quantitative estimate of drug-likeness (QED) is 0.738. The molecule has 0 aliphatic rings. The second-order valence-corrected chi connectivity index (χ2v) is 6.15. The molecule has 0 aliphatic carbocycles. The smallest absolute Gasteiger partial charge is 0.246 e. The van der Waals surface area contributed by atoms with Gasteiger partial charge in [0.1, 0.15) is 0 Å². The molecule has 3 aromatic rings. The number of aryl methyl sites for hydroxylation is 1. The van der Waals surface area contributed by atoms with Crippen LogP contribution in [0.3, 0.4) is 0 Å². The molecule has 2 heterocycles. The molecule has 1 N–H and O–H groups in total. The first-order valence-electron chi connectivity index (χ1n) is 7.07. The first-order chi connectivity index (χ1) is 11.2. The summed E-state index contributed by atoms with van der Waals surface area (Å²) in [5, 5.41) is 11.3. The number of hydrogen-bond acceptors (Lipinski definition) is 5. The number of thiophene rings is 1. The Morgan fingerprint density at radius 1 is 1.35 bits per heavy atom. The predicted octanol–water partition coefficient (Wildman–Crippen LogP) is 3.70. The Balaban J connectivity index is 1.52. The third kappa shape index (κ3) is 4.40. The summed E-state index contributed by atoms with van der Waals surface area (Å²) in [6.07, 6.45) is 1.17. The molecule has 2 aromatic heterocycles. The van der Waals surface area contributed by atoms with Gasteiger partial charge in [-0.15, -0.1) is 0 Å². The van der Waals surface area contributed by atoms with Crippen LogP contribution in [0, 0.1) is 0 Å². The molecule has 0 atom stereocenters. The minimum atomic E-state index is -0.0429. The van der Waals surface area contributed by atoms with Gasteiger partial charge in [0.05, 0.1) is 6.54 Å². The highest BCUT2D eigenvalue weighted by Gasteiger charge is 2.10. The Bertz CT molecular complexity index is 786. The van der Waals surface area contributed by atoms with Gasteiger partial charge in [0.2, 0.25) is 17.6 Å². The maximum absolute atomic E-state index is 11.8. The van der Waals surface area contributed by atoms with Gasteiger partial charge in [-0.1, -0.05) is 28.9 Å². The van der Waals surface area contributed by atoms with Crippen molar-refractivity contribution in [1.29, 1.82) is 0 Å². The number of amides is 1. The maximum Gasteiger partial charge on any atom is 0.246 e.